The highest BCUT2D eigenvalue weighted by Gasteiger charge is 2.46. The molecule has 0 aromatic rings. The van der Waals surface area contributed by atoms with Crippen LogP contribution in [0, 0.1) is 29.6 Å². The van der Waals surface area contributed by atoms with Crippen LogP contribution >= 0.6 is 0 Å². The van der Waals surface area contributed by atoms with Gasteiger partial charge in [0.15, 0.2) is 0 Å². The lowest BCUT2D eigenvalue weighted by atomic mass is 9.75. The summed E-state index contributed by atoms with van der Waals surface area (Å²) >= 11 is 0. The van der Waals surface area contributed by atoms with Crippen molar-refractivity contribution in [3.63, 3.8) is 0 Å². The fraction of sp³-hybridized carbons (Fsp3) is 0.815. The number of carbonyl (C=O) groups excluding carboxylic acids is 1. The highest BCUT2D eigenvalue weighted by atomic mass is 16.7. The molecule has 1 heterocycles. The molecule has 6 atom stereocenters. The normalized spacial score (nSPS) is 32.1. The molecule has 30 heavy (non-hydrogen) atoms. The lowest BCUT2D eigenvalue weighted by molar-refractivity contribution is -0.196. The Balaban J connectivity index is 2.02. The number of carbonyl (C=O) groups is 1. The summed E-state index contributed by atoms with van der Waals surface area (Å²) in [4.78, 5) is 12.7. The zero-order chi connectivity index (χ0) is 21.9. The van der Waals surface area contributed by atoms with Crippen molar-refractivity contribution in [3.05, 3.63) is 24.8 Å². The van der Waals surface area contributed by atoms with Gasteiger partial charge in [0, 0.05) is 5.92 Å². The number of unbranched alkanes of at least 4 members (excludes halogenated alkanes) is 4. The second-order valence-corrected chi connectivity index (χ2v) is 9.97. The Bertz CT molecular complexity index is 538. The molecule has 0 amide bonds. The van der Waals surface area contributed by atoms with E-state index in [1.165, 1.54) is 32.1 Å². The molecule has 0 aromatic heterocycles. The van der Waals surface area contributed by atoms with Gasteiger partial charge < -0.3 is 9.47 Å². The molecular weight excluding hydrogens is 372 g/mol. The third-order valence-corrected chi connectivity index (χ3v) is 7.16. The van der Waals surface area contributed by atoms with Crippen LogP contribution in [-0.4, -0.2) is 18.4 Å². The molecule has 1 aliphatic heterocycles. The molecule has 1 saturated heterocycles. The molecule has 2 aliphatic rings. The average Bonchev–Trinajstić information content (AvgIpc) is 2.99. The first-order valence-electron chi connectivity index (χ1n) is 12.6. The van der Waals surface area contributed by atoms with Crippen molar-refractivity contribution in [3.8, 4) is 0 Å². The average molecular weight is 419 g/mol. The van der Waals surface area contributed by atoms with E-state index < -0.39 is 0 Å². The fourth-order valence-corrected chi connectivity index (χ4v) is 5.27. The first-order valence-corrected chi connectivity index (χ1v) is 12.6. The van der Waals surface area contributed by atoms with Crippen molar-refractivity contribution in [2.45, 2.75) is 111 Å². The van der Waals surface area contributed by atoms with E-state index in [2.05, 4.69) is 46.4 Å². The van der Waals surface area contributed by atoms with E-state index in [1.54, 1.807) is 0 Å². The number of allylic oxidation sites excluding steroid dienone is 3. The van der Waals surface area contributed by atoms with Crippen molar-refractivity contribution in [2.24, 2.45) is 29.6 Å². The van der Waals surface area contributed by atoms with Crippen molar-refractivity contribution < 1.29 is 14.3 Å². The number of hydrogen-bond donors (Lipinski definition) is 0. The minimum atomic E-state index is -0.359. The maximum Gasteiger partial charge on any atom is 0.312 e. The van der Waals surface area contributed by atoms with Crippen LogP contribution < -0.4 is 0 Å². The molecule has 3 heteroatoms. The Hall–Kier alpha value is -1.09. The van der Waals surface area contributed by atoms with Gasteiger partial charge in [0.05, 0.1) is 12.0 Å². The van der Waals surface area contributed by atoms with Crippen LogP contribution in [0.5, 0.6) is 0 Å². The Morgan fingerprint density at radius 1 is 1.17 bits per heavy atom. The molecule has 1 saturated carbocycles. The third kappa shape index (κ3) is 7.55. The van der Waals surface area contributed by atoms with Crippen LogP contribution in [0.2, 0.25) is 0 Å². The van der Waals surface area contributed by atoms with E-state index in [9.17, 15) is 4.79 Å². The molecule has 0 radical (unpaired) electrons. The van der Waals surface area contributed by atoms with Crippen LogP contribution in [0.1, 0.15) is 98.3 Å². The topological polar surface area (TPSA) is 35.5 Å². The molecule has 0 aromatic carbocycles. The van der Waals surface area contributed by atoms with E-state index in [0.717, 1.165) is 38.5 Å². The quantitative estimate of drug-likeness (QED) is 0.177. The van der Waals surface area contributed by atoms with Crippen LogP contribution in [-0.2, 0) is 14.3 Å². The Kier molecular flexibility index (Phi) is 11.2. The van der Waals surface area contributed by atoms with Crippen molar-refractivity contribution in [1.29, 1.82) is 0 Å². The molecule has 1 aliphatic carbocycles. The van der Waals surface area contributed by atoms with E-state index in [0.29, 0.717) is 17.8 Å². The smallest absolute Gasteiger partial charge is 0.312 e. The number of cyclic esters (lactones) is 1. The van der Waals surface area contributed by atoms with E-state index >= 15 is 0 Å². The van der Waals surface area contributed by atoms with Gasteiger partial charge in [0.2, 0.25) is 6.29 Å². The van der Waals surface area contributed by atoms with Gasteiger partial charge in [0.1, 0.15) is 0 Å². The van der Waals surface area contributed by atoms with Gasteiger partial charge >= 0.3 is 5.97 Å². The molecule has 0 spiro atoms. The zero-order valence-corrected chi connectivity index (χ0v) is 20.0. The zero-order valence-electron chi connectivity index (χ0n) is 20.0. The maximum atomic E-state index is 12.7. The molecule has 3 nitrogen and oxygen atoms in total. The van der Waals surface area contributed by atoms with Crippen molar-refractivity contribution >= 4 is 5.97 Å². The first kappa shape index (κ1) is 25.2. The highest BCUT2D eigenvalue weighted by molar-refractivity contribution is 5.75. The summed E-state index contributed by atoms with van der Waals surface area (Å²) in [7, 11) is 0. The van der Waals surface area contributed by atoms with E-state index in [-0.39, 0.29) is 30.2 Å². The maximum absolute atomic E-state index is 12.7. The summed E-state index contributed by atoms with van der Waals surface area (Å²) in [5.41, 5.74) is 0. The SMILES string of the molecule is C=CCCCCCC[C@H]1[C@H](O[C@@H]2C[C@H](C)CC[C@H]2C(C)C)OC(=O)[C@@H]1C/C=C\CC. The van der Waals surface area contributed by atoms with Gasteiger partial charge in [0.25, 0.3) is 0 Å². The molecule has 0 N–H and O–H groups in total. The summed E-state index contributed by atoms with van der Waals surface area (Å²) in [6.07, 6.45) is 18.5. The summed E-state index contributed by atoms with van der Waals surface area (Å²) in [6.45, 7) is 12.9. The third-order valence-electron chi connectivity index (χ3n) is 7.16. The Morgan fingerprint density at radius 2 is 1.93 bits per heavy atom. The molecule has 0 bridgehead atoms. The molecule has 172 valence electrons. The number of rotatable bonds is 13. The molecule has 2 rings (SSSR count). The van der Waals surface area contributed by atoms with Gasteiger partial charge in [-0.05, 0) is 62.7 Å². The standard InChI is InChI=1S/C27H46O3/c1-6-8-10-11-12-14-16-24-23(15-13-9-7-2)26(28)30-27(24)29-25-19-21(5)17-18-22(25)20(3)4/h6,9,13,20-25,27H,1,7-8,10-12,14-19H2,2-5H3/b13-9-/t21-,22+,23-,24-,25-,27-/m1/s1. The summed E-state index contributed by atoms with van der Waals surface area (Å²) in [5.74, 6) is 1.94. The monoisotopic (exact) mass is 418 g/mol. The molecule has 0 unspecified atom stereocenters. The number of hydrogen-bond acceptors (Lipinski definition) is 3. The lowest BCUT2D eigenvalue weighted by Crippen LogP contribution is -2.39. The summed E-state index contributed by atoms with van der Waals surface area (Å²) < 4.78 is 12.5. The number of ether oxygens (including phenoxy) is 2. The van der Waals surface area contributed by atoms with Gasteiger partial charge in [-0.3, -0.25) is 4.79 Å². The van der Waals surface area contributed by atoms with Crippen LogP contribution in [0.3, 0.4) is 0 Å². The van der Waals surface area contributed by atoms with Crippen LogP contribution in [0.15, 0.2) is 24.8 Å². The van der Waals surface area contributed by atoms with Gasteiger partial charge in [-0.1, -0.05) is 71.6 Å². The van der Waals surface area contributed by atoms with Crippen LogP contribution in [0.4, 0.5) is 0 Å². The second kappa shape index (κ2) is 13.3. The summed E-state index contributed by atoms with van der Waals surface area (Å²) in [6, 6.07) is 0. The van der Waals surface area contributed by atoms with Gasteiger partial charge in [-0.2, -0.15) is 0 Å². The van der Waals surface area contributed by atoms with E-state index in [1.807, 2.05) is 6.08 Å². The van der Waals surface area contributed by atoms with Gasteiger partial charge in [-0.15, -0.1) is 6.58 Å². The minimum Gasteiger partial charge on any atom is -0.435 e. The summed E-state index contributed by atoms with van der Waals surface area (Å²) in [5, 5.41) is 0. The molecular formula is C27H46O3. The minimum absolute atomic E-state index is 0.0514. The largest absolute Gasteiger partial charge is 0.435 e. The predicted octanol–water partition coefficient (Wildman–Crippen LogP) is 7.46. The lowest BCUT2D eigenvalue weighted by Gasteiger charge is -2.39. The van der Waals surface area contributed by atoms with Gasteiger partial charge in [-0.25, -0.2) is 0 Å². The highest BCUT2D eigenvalue weighted by Crippen LogP contribution is 2.41. The van der Waals surface area contributed by atoms with E-state index in [4.69, 9.17) is 9.47 Å². The Morgan fingerprint density at radius 3 is 2.63 bits per heavy atom. The van der Waals surface area contributed by atoms with Crippen molar-refractivity contribution in [1.82, 2.24) is 0 Å². The van der Waals surface area contributed by atoms with Crippen LogP contribution in [0.25, 0.3) is 0 Å². The Labute approximate surface area is 185 Å². The predicted molar refractivity (Wildman–Crippen MR) is 125 cm³/mol. The second-order valence-electron chi connectivity index (χ2n) is 9.97. The van der Waals surface area contributed by atoms with Crippen molar-refractivity contribution in [2.75, 3.05) is 0 Å². The molecule has 2 fully saturated rings. The number of esters is 1. The fourth-order valence-electron chi connectivity index (χ4n) is 5.27. The first-order chi connectivity index (χ1) is 14.5.